The van der Waals surface area contributed by atoms with Gasteiger partial charge < -0.3 is 14.8 Å². The molecule has 0 saturated heterocycles. The fourth-order valence-electron chi connectivity index (χ4n) is 3.61. The van der Waals surface area contributed by atoms with Crippen LogP contribution in [0.4, 0.5) is 0 Å². The SMILES string of the molecule is CCn1c2c(c3cc(O)ccc31)CCc1c(O)cccc1-2. The van der Waals surface area contributed by atoms with Crippen LogP contribution < -0.4 is 0 Å². The first kappa shape index (κ1) is 12.3. The van der Waals surface area contributed by atoms with Crippen LogP contribution in [0.25, 0.3) is 22.2 Å². The molecule has 1 aromatic heterocycles. The van der Waals surface area contributed by atoms with Crippen molar-refractivity contribution in [3.63, 3.8) is 0 Å². The summed E-state index contributed by atoms with van der Waals surface area (Å²) in [5, 5.41) is 21.0. The van der Waals surface area contributed by atoms with Crippen LogP contribution in [0.5, 0.6) is 11.5 Å². The Kier molecular flexibility index (Phi) is 2.52. The number of phenols is 2. The third kappa shape index (κ3) is 1.60. The highest BCUT2D eigenvalue weighted by molar-refractivity contribution is 5.94. The molecule has 0 aliphatic heterocycles. The van der Waals surface area contributed by atoms with Gasteiger partial charge in [0.25, 0.3) is 0 Å². The van der Waals surface area contributed by atoms with Crippen LogP contribution in [-0.4, -0.2) is 14.8 Å². The molecule has 0 atom stereocenters. The Balaban J connectivity index is 2.14. The zero-order chi connectivity index (χ0) is 14.6. The number of aromatic nitrogens is 1. The van der Waals surface area contributed by atoms with Crippen LogP contribution in [0.1, 0.15) is 18.1 Å². The molecule has 21 heavy (non-hydrogen) atoms. The second-order valence-corrected chi connectivity index (χ2v) is 5.58. The fourth-order valence-corrected chi connectivity index (χ4v) is 3.61. The molecule has 0 spiro atoms. The maximum Gasteiger partial charge on any atom is 0.119 e. The van der Waals surface area contributed by atoms with E-state index in [1.54, 1.807) is 12.1 Å². The van der Waals surface area contributed by atoms with E-state index in [2.05, 4.69) is 17.6 Å². The molecule has 2 N–H and O–H groups in total. The van der Waals surface area contributed by atoms with Gasteiger partial charge in [-0.05, 0) is 49.6 Å². The topological polar surface area (TPSA) is 45.4 Å². The number of phenolic OH excluding ortho intramolecular Hbond substituents is 2. The van der Waals surface area contributed by atoms with Gasteiger partial charge in [-0.1, -0.05) is 12.1 Å². The molecule has 3 aromatic rings. The number of benzene rings is 2. The molecular weight excluding hydrogens is 262 g/mol. The normalized spacial score (nSPS) is 13.2. The van der Waals surface area contributed by atoms with Crippen molar-refractivity contribution >= 4 is 10.9 Å². The smallest absolute Gasteiger partial charge is 0.119 e. The zero-order valence-corrected chi connectivity index (χ0v) is 11.9. The Morgan fingerprint density at radius 3 is 2.67 bits per heavy atom. The second-order valence-electron chi connectivity index (χ2n) is 5.58. The lowest BCUT2D eigenvalue weighted by atomic mass is 9.88. The summed E-state index contributed by atoms with van der Waals surface area (Å²) in [5.41, 5.74) is 5.77. The van der Waals surface area contributed by atoms with E-state index in [1.165, 1.54) is 11.3 Å². The fraction of sp³-hybridized carbons (Fsp3) is 0.222. The Hall–Kier alpha value is -2.42. The molecule has 1 aliphatic rings. The number of aromatic hydroxyl groups is 2. The van der Waals surface area contributed by atoms with Gasteiger partial charge in [0.05, 0.1) is 5.69 Å². The summed E-state index contributed by atoms with van der Waals surface area (Å²) in [4.78, 5) is 0. The third-order valence-electron chi connectivity index (χ3n) is 4.50. The molecule has 0 amide bonds. The predicted octanol–water partition coefficient (Wildman–Crippen LogP) is 3.84. The lowest BCUT2D eigenvalue weighted by molar-refractivity contribution is 0.467. The highest BCUT2D eigenvalue weighted by atomic mass is 16.3. The molecule has 0 bridgehead atoms. The first-order valence-electron chi connectivity index (χ1n) is 7.36. The highest BCUT2D eigenvalue weighted by Crippen LogP contribution is 2.43. The van der Waals surface area contributed by atoms with Crippen molar-refractivity contribution < 1.29 is 10.2 Å². The summed E-state index contributed by atoms with van der Waals surface area (Å²) >= 11 is 0. The number of nitrogens with zero attached hydrogens (tertiary/aromatic N) is 1. The summed E-state index contributed by atoms with van der Waals surface area (Å²) in [6, 6.07) is 11.3. The quantitative estimate of drug-likeness (QED) is 0.711. The molecule has 1 heterocycles. The number of aryl methyl sites for hydroxylation is 2. The Labute approximate surface area is 123 Å². The van der Waals surface area contributed by atoms with E-state index in [9.17, 15) is 10.2 Å². The van der Waals surface area contributed by atoms with Gasteiger partial charge in [0.15, 0.2) is 0 Å². The molecular formula is C18H17NO2. The van der Waals surface area contributed by atoms with Gasteiger partial charge in [-0.2, -0.15) is 0 Å². The van der Waals surface area contributed by atoms with Gasteiger partial charge in [0.1, 0.15) is 11.5 Å². The van der Waals surface area contributed by atoms with Crippen molar-refractivity contribution in [3.8, 4) is 22.8 Å². The van der Waals surface area contributed by atoms with E-state index >= 15 is 0 Å². The molecule has 0 saturated carbocycles. The van der Waals surface area contributed by atoms with Crippen molar-refractivity contribution in [3.05, 3.63) is 47.5 Å². The van der Waals surface area contributed by atoms with Crippen LogP contribution in [0.3, 0.4) is 0 Å². The molecule has 3 nitrogen and oxygen atoms in total. The highest BCUT2D eigenvalue weighted by Gasteiger charge is 2.25. The minimum atomic E-state index is 0.306. The van der Waals surface area contributed by atoms with E-state index in [0.717, 1.165) is 41.4 Å². The lowest BCUT2D eigenvalue weighted by Crippen LogP contribution is -2.07. The third-order valence-corrected chi connectivity index (χ3v) is 4.50. The summed E-state index contributed by atoms with van der Waals surface area (Å²) < 4.78 is 2.28. The first-order valence-corrected chi connectivity index (χ1v) is 7.36. The van der Waals surface area contributed by atoms with Gasteiger partial charge in [-0.3, -0.25) is 0 Å². The van der Waals surface area contributed by atoms with Crippen LogP contribution in [0, 0.1) is 0 Å². The Morgan fingerprint density at radius 1 is 1.05 bits per heavy atom. The van der Waals surface area contributed by atoms with Crippen molar-refractivity contribution in [2.75, 3.05) is 0 Å². The maximum atomic E-state index is 10.1. The van der Waals surface area contributed by atoms with Gasteiger partial charge in [-0.15, -0.1) is 0 Å². The average molecular weight is 279 g/mol. The molecule has 106 valence electrons. The largest absolute Gasteiger partial charge is 0.508 e. The molecule has 1 aliphatic carbocycles. The van der Waals surface area contributed by atoms with E-state index in [1.807, 2.05) is 18.2 Å². The Morgan fingerprint density at radius 2 is 1.86 bits per heavy atom. The van der Waals surface area contributed by atoms with Crippen molar-refractivity contribution in [1.29, 1.82) is 0 Å². The summed E-state index contributed by atoms with van der Waals surface area (Å²) in [5.74, 6) is 0.689. The van der Waals surface area contributed by atoms with Gasteiger partial charge in [-0.25, -0.2) is 0 Å². The van der Waals surface area contributed by atoms with E-state index in [4.69, 9.17) is 0 Å². The Bertz CT molecular complexity index is 861. The molecule has 0 radical (unpaired) electrons. The van der Waals surface area contributed by atoms with E-state index in [-0.39, 0.29) is 0 Å². The van der Waals surface area contributed by atoms with E-state index in [0.29, 0.717) is 11.5 Å². The van der Waals surface area contributed by atoms with Gasteiger partial charge in [0.2, 0.25) is 0 Å². The van der Waals surface area contributed by atoms with Gasteiger partial charge >= 0.3 is 0 Å². The minimum absolute atomic E-state index is 0.306. The van der Waals surface area contributed by atoms with Crippen LogP contribution in [0.15, 0.2) is 36.4 Å². The minimum Gasteiger partial charge on any atom is -0.508 e. The summed E-state index contributed by atoms with van der Waals surface area (Å²) in [6.45, 7) is 3.00. The maximum absolute atomic E-state index is 10.1. The number of hydrogen-bond donors (Lipinski definition) is 2. The van der Waals surface area contributed by atoms with Crippen LogP contribution in [-0.2, 0) is 19.4 Å². The second kappa shape index (κ2) is 4.29. The number of hydrogen-bond acceptors (Lipinski definition) is 2. The predicted molar refractivity (Wildman–Crippen MR) is 83.8 cm³/mol. The standard InChI is InChI=1S/C18H17NO2/c1-2-19-16-9-6-11(20)10-15(16)14-8-7-12-13(18(14)19)4-3-5-17(12)21/h3-6,9-10,20-21H,2,7-8H2,1H3. The monoisotopic (exact) mass is 279 g/mol. The van der Waals surface area contributed by atoms with Gasteiger partial charge in [0, 0.05) is 28.6 Å². The van der Waals surface area contributed by atoms with Crippen molar-refractivity contribution in [2.45, 2.75) is 26.3 Å². The number of rotatable bonds is 1. The van der Waals surface area contributed by atoms with Crippen molar-refractivity contribution in [2.24, 2.45) is 0 Å². The molecule has 2 aromatic carbocycles. The lowest BCUT2D eigenvalue weighted by Gasteiger charge is -2.20. The average Bonchev–Trinajstić information content (AvgIpc) is 2.81. The summed E-state index contributed by atoms with van der Waals surface area (Å²) in [6.07, 6.45) is 1.74. The first-order chi connectivity index (χ1) is 10.2. The summed E-state index contributed by atoms with van der Waals surface area (Å²) in [7, 11) is 0. The van der Waals surface area contributed by atoms with E-state index < -0.39 is 0 Å². The van der Waals surface area contributed by atoms with Crippen LogP contribution in [0.2, 0.25) is 0 Å². The molecule has 4 rings (SSSR count). The van der Waals surface area contributed by atoms with Crippen molar-refractivity contribution in [1.82, 2.24) is 4.57 Å². The molecule has 0 unspecified atom stereocenters. The molecule has 0 fully saturated rings. The van der Waals surface area contributed by atoms with Crippen LogP contribution >= 0.6 is 0 Å². The molecule has 3 heteroatoms. The zero-order valence-electron chi connectivity index (χ0n) is 11.9. The number of fused-ring (bicyclic) bond motifs is 5.